The molecule has 2 unspecified atom stereocenters. The molecule has 166 valence electrons. The van der Waals surface area contributed by atoms with Gasteiger partial charge in [0.25, 0.3) is 0 Å². The van der Waals surface area contributed by atoms with E-state index < -0.39 is 0 Å². The molecular formula is C24H37N3O3. The van der Waals surface area contributed by atoms with E-state index in [-0.39, 0.29) is 0 Å². The molecule has 4 rings (SSSR count). The number of hydrogen-bond acceptors (Lipinski definition) is 4. The molecule has 3 aliphatic rings. The minimum atomic E-state index is 0.324. The lowest BCUT2D eigenvalue weighted by Crippen LogP contribution is -2.68. The van der Waals surface area contributed by atoms with Gasteiger partial charge in [0.05, 0.1) is 18.8 Å². The van der Waals surface area contributed by atoms with Crippen LogP contribution in [0.1, 0.15) is 56.6 Å². The van der Waals surface area contributed by atoms with Gasteiger partial charge in [-0.3, -0.25) is 4.99 Å². The van der Waals surface area contributed by atoms with E-state index >= 15 is 0 Å². The van der Waals surface area contributed by atoms with E-state index in [1.807, 2.05) is 7.05 Å². The predicted molar refractivity (Wildman–Crippen MR) is 119 cm³/mol. The van der Waals surface area contributed by atoms with Crippen molar-refractivity contribution in [3.8, 4) is 0 Å². The Morgan fingerprint density at radius 1 is 1.20 bits per heavy atom. The van der Waals surface area contributed by atoms with Gasteiger partial charge in [-0.2, -0.15) is 0 Å². The van der Waals surface area contributed by atoms with Gasteiger partial charge in [-0.1, -0.05) is 30.7 Å². The molecule has 1 aromatic carbocycles. The van der Waals surface area contributed by atoms with Crippen LogP contribution >= 0.6 is 0 Å². The molecule has 0 radical (unpaired) electrons. The van der Waals surface area contributed by atoms with Crippen molar-refractivity contribution < 1.29 is 14.2 Å². The quantitative estimate of drug-likeness (QED) is 0.503. The van der Waals surface area contributed by atoms with Crippen molar-refractivity contribution in [3.05, 3.63) is 35.4 Å². The summed E-state index contributed by atoms with van der Waals surface area (Å²) in [7, 11) is 1.85. The average molecular weight is 416 g/mol. The Hall–Kier alpha value is -1.63. The highest BCUT2D eigenvalue weighted by Crippen LogP contribution is 2.57. The van der Waals surface area contributed by atoms with Gasteiger partial charge in [-0.25, -0.2) is 0 Å². The van der Waals surface area contributed by atoms with Crippen LogP contribution in [0.4, 0.5) is 0 Å². The number of guanidine groups is 1. The van der Waals surface area contributed by atoms with E-state index in [9.17, 15) is 0 Å². The van der Waals surface area contributed by atoms with Gasteiger partial charge in [-0.05, 0) is 50.2 Å². The molecule has 1 aliphatic heterocycles. The van der Waals surface area contributed by atoms with Gasteiger partial charge < -0.3 is 24.8 Å². The van der Waals surface area contributed by atoms with Crippen LogP contribution in [0.5, 0.6) is 0 Å². The van der Waals surface area contributed by atoms with Crippen LogP contribution in [-0.4, -0.2) is 51.1 Å². The van der Waals surface area contributed by atoms with Crippen molar-refractivity contribution in [2.75, 3.05) is 26.9 Å². The molecule has 1 aromatic rings. The number of hydrogen-bond donors (Lipinski definition) is 2. The van der Waals surface area contributed by atoms with Gasteiger partial charge >= 0.3 is 0 Å². The number of nitrogens with one attached hydrogen (secondary N) is 2. The van der Waals surface area contributed by atoms with Crippen molar-refractivity contribution in [1.82, 2.24) is 10.6 Å². The highest BCUT2D eigenvalue weighted by atomic mass is 16.5. The van der Waals surface area contributed by atoms with Gasteiger partial charge in [-0.15, -0.1) is 0 Å². The summed E-state index contributed by atoms with van der Waals surface area (Å²) in [6.07, 6.45) is 7.66. The average Bonchev–Trinajstić information content (AvgIpc) is 2.73. The molecule has 2 atom stereocenters. The van der Waals surface area contributed by atoms with Crippen LogP contribution in [0, 0.1) is 5.41 Å². The zero-order valence-corrected chi connectivity index (χ0v) is 18.5. The maximum absolute atomic E-state index is 6.07. The molecule has 2 N–H and O–H groups in total. The van der Waals surface area contributed by atoms with Crippen LogP contribution in [0.25, 0.3) is 0 Å². The monoisotopic (exact) mass is 415 g/mol. The first-order valence-corrected chi connectivity index (χ1v) is 11.6. The van der Waals surface area contributed by atoms with E-state index in [0.717, 1.165) is 51.6 Å². The summed E-state index contributed by atoms with van der Waals surface area (Å²) in [5.41, 5.74) is 2.79. The second-order valence-electron chi connectivity index (χ2n) is 8.83. The summed E-state index contributed by atoms with van der Waals surface area (Å²) in [6, 6.07) is 9.09. The van der Waals surface area contributed by atoms with E-state index in [1.165, 1.54) is 30.4 Å². The first-order valence-electron chi connectivity index (χ1n) is 11.6. The van der Waals surface area contributed by atoms with Crippen molar-refractivity contribution in [2.45, 2.75) is 76.9 Å². The number of benzene rings is 1. The molecule has 0 amide bonds. The fourth-order valence-corrected chi connectivity index (χ4v) is 5.07. The smallest absolute Gasteiger partial charge is 0.191 e. The molecule has 0 aromatic heterocycles. The topological polar surface area (TPSA) is 64.1 Å². The van der Waals surface area contributed by atoms with Crippen molar-refractivity contribution in [2.24, 2.45) is 10.4 Å². The molecule has 3 fully saturated rings. The summed E-state index contributed by atoms with van der Waals surface area (Å²) in [4.78, 5) is 4.46. The summed E-state index contributed by atoms with van der Waals surface area (Å²) in [6.45, 7) is 5.94. The third kappa shape index (κ3) is 4.82. The Kier molecular flexibility index (Phi) is 7.28. The van der Waals surface area contributed by atoms with E-state index in [1.54, 1.807) is 0 Å². The van der Waals surface area contributed by atoms with E-state index in [2.05, 4.69) is 46.8 Å². The second-order valence-corrected chi connectivity index (χ2v) is 8.83. The van der Waals surface area contributed by atoms with Crippen molar-refractivity contribution in [3.63, 3.8) is 0 Å². The molecule has 1 saturated heterocycles. The Morgan fingerprint density at radius 2 is 2.00 bits per heavy atom. The molecule has 1 heterocycles. The number of ether oxygens (including phenoxy) is 3. The van der Waals surface area contributed by atoms with E-state index in [4.69, 9.17) is 14.2 Å². The Morgan fingerprint density at radius 3 is 2.70 bits per heavy atom. The van der Waals surface area contributed by atoms with Crippen molar-refractivity contribution in [1.29, 1.82) is 0 Å². The Labute approximate surface area is 180 Å². The first kappa shape index (κ1) is 21.6. The highest BCUT2D eigenvalue weighted by molar-refractivity contribution is 5.80. The van der Waals surface area contributed by atoms with Gasteiger partial charge in [0.1, 0.15) is 0 Å². The summed E-state index contributed by atoms with van der Waals surface area (Å²) in [5.74, 6) is 0.880. The fourth-order valence-electron chi connectivity index (χ4n) is 5.07. The summed E-state index contributed by atoms with van der Waals surface area (Å²) >= 11 is 0. The number of rotatable bonds is 8. The lowest BCUT2D eigenvalue weighted by molar-refractivity contribution is -0.168. The maximum atomic E-state index is 6.07. The first-order chi connectivity index (χ1) is 14.7. The minimum Gasteiger partial charge on any atom is -0.381 e. The molecule has 2 saturated carbocycles. The van der Waals surface area contributed by atoms with Gasteiger partial charge in [0, 0.05) is 44.9 Å². The molecular weight excluding hydrogens is 378 g/mol. The molecule has 1 spiro atoms. The van der Waals surface area contributed by atoms with Crippen LogP contribution in [0.2, 0.25) is 0 Å². The maximum Gasteiger partial charge on any atom is 0.191 e. The molecule has 6 nitrogen and oxygen atoms in total. The fraction of sp³-hybridized carbons (Fsp3) is 0.708. The molecule has 0 bridgehead atoms. The summed E-state index contributed by atoms with van der Waals surface area (Å²) in [5, 5.41) is 7.15. The van der Waals surface area contributed by atoms with Gasteiger partial charge in [0.15, 0.2) is 5.96 Å². The normalized spacial score (nSPS) is 26.1. The van der Waals surface area contributed by atoms with E-state index in [0.29, 0.717) is 30.3 Å². The van der Waals surface area contributed by atoms with Crippen LogP contribution in [0.3, 0.4) is 0 Å². The molecule has 2 aliphatic carbocycles. The minimum absolute atomic E-state index is 0.324. The summed E-state index contributed by atoms with van der Waals surface area (Å²) < 4.78 is 17.4. The Bertz CT molecular complexity index is 713. The molecule has 30 heavy (non-hydrogen) atoms. The standard InChI is InChI=1S/C24H37N3O3/c1-3-29-22-15-21(24(22)10-5-11-24)27-23(25-2)26-16-18-6-4-7-19(14-18)17-30-20-8-12-28-13-9-20/h4,6-7,14,20-22H,3,5,8-13,15-17H2,1-2H3,(H2,25,26,27). The lowest BCUT2D eigenvalue weighted by Gasteiger charge is -2.61. The number of nitrogens with zero attached hydrogens (tertiary/aromatic N) is 1. The third-order valence-corrected chi connectivity index (χ3v) is 7.08. The van der Waals surface area contributed by atoms with Crippen LogP contribution in [0.15, 0.2) is 29.3 Å². The number of aliphatic imine (C=N–C) groups is 1. The highest BCUT2D eigenvalue weighted by Gasteiger charge is 2.59. The third-order valence-electron chi connectivity index (χ3n) is 7.08. The zero-order chi connectivity index (χ0) is 20.8. The Balaban J connectivity index is 1.25. The SMILES string of the molecule is CCOC1CC(NC(=NC)NCc2cccc(COC3CCOCC3)c2)C12CCC2. The van der Waals surface area contributed by atoms with Crippen molar-refractivity contribution >= 4 is 5.96 Å². The second kappa shape index (κ2) is 10.1. The van der Waals surface area contributed by atoms with Crippen LogP contribution in [-0.2, 0) is 27.4 Å². The lowest BCUT2D eigenvalue weighted by atomic mass is 9.51. The zero-order valence-electron chi connectivity index (χ0n) is 18.5. The predicted octanol–water partition coefficient (Wildman–Crippen LogP) is 3.39. The largest absolute Gasteiger partial charge is 0.381 e. The van der Waals surface area contributed by atoms with Gasteiger partial charge in [0.2, 0.25) is 0 Å². The van der Waals surface area contributed by atoms with Crippen LogP contribution < -0.4 is 10.6 Å². The molecule has 6 heteroatoms.